The maximum absolute atomic E-state index is 12.3. The van der Waals surface area contributed by atoms with E-state index in [9.17, 15) is 13.2 Å². The summed E-state index contributed by atoms with van der Waals surface area (Å²) in [6.07, 6.45) is 2.51. The fourth-order valence-corrected chi connectivity index (χ4v) is 4.35. The Morgan fingerprint density at radius 3 is 2.21 bits per heavy atom. The third-order valence-corrected chi connectivity index (χ3v) is 6.36. The standard InChI is InChI=1S/C25H27ClN2O4S/c1-33(30,31)28(22-13-15-24(16-14-22)32-23-6-3-2-4-7-23)19-5-8-25(29)27-18-17-20-9-11-21(26)12-10-20/h2-4,6-7,9-16H,5,8,17-19H2,1H3,(H,27,29). The van der Waals surface area contributed by atoms with E-state index in [4.69, 9.17) is 16.3 Å². The van der Waals surface area contributed by atoms with E-state index in [0.717, 1.165) is 11.8 Å². The van der Waals surface area contributed by atoms with Crippen molar-refractivity contribution in [1.29, 1.82) is 0 Å². The van der Waals surface area contributed by atoms with Gasteiger partial charge >= 0.3 is 0 Å². The third-order valence-electron chi connectivity index (χ3n) is 4.92. The van der Waals surface area contributed by atoms with E-state index in [0.29, 0.717) is 41.6 Å². The zero-order valence-corrected chi connectivity index (χ0v) is 20.0. The molecular weight excluding hydrogens is 460 g/mol. The molecular formula is C25H27ClN2O4S. The van der Waals surface area contributed by atoms with E-state index in [1.165, 1.54) is 4.31 Å². The van der Waals surface area contributed by atoms with Crippen molar-refractivity contribution in [3.05, 3.63) is 89.4 Å². The predicted molar refractivity (Wildman–Crippen MR) is 133 cm³/mol. The monoisotopic (exact) mass is 486 g/mol. The van der Waals surface area contributed by atoms with Gasteiger partial charge in [0.2, 0.25) is 15.9 Å². The molecule has 0 saturated carbocycles. The Morgan fingerprint density at radius 2 is 1.58 bits per heavy atom. The number of halogens is 1. The van der Waals surface area contributed by atoms with Gasteiger partial charge in [-0.2, -0.15) is 0 Å². The average Bonchev–Trinajstić information content (AvgIpc) is 2.79. The molecule has 3 rings (SSSR count). The van der Waals surface area contributed by atoms with Gasteiger partial charge in [-0.15, -0.1) is 0 Å². The molecule has 3 aromatic carbocycles. The molecule has 0 radical (unpaired) electrons. The minimum Gasteiger partial charge on any atom is -0.457 e. The summed E-state index contributed by atoms with van der Waals surface area (Å²) in [7, 11) is -3.49. The molecule has 1 N–H and O–H groups in total. The van der Waals surface area contributed by atoms with Gasteiger partial charge in [0.05, 0.1) is 11.9 Å². The summed E-state index contributed by atoms with van der Waals surface area (Å²) in [6, 6.07) is 23.7. The largest absolute Gasteiger partial charge is 0.457 e. The number of hydrogen-bond acceptors (Lipinski definition) is 4. The Labute approximate surface area is 200 Å². The van der Waals surface area contributed by atoms with E-state index in [1.54, 1.807) is 24.3 Å². The fourth-order valence-electron chi connectivity index (χ4n) is 3.26. The minimum atomic E-state index is -3.49. The third kappa shape index (κ3) is 8.11. The molecule has 33 heavy (non-hydrogen) atoms. The number of ether oxygens (including phenoxy) is 1. The topological polar surface area (TPSA) is 75.7 Å². The highest BCUT2D eigenvalue weighted by atomic mass is 35.5. The number of nitrogens with one attached hydrogen (secondary N) is 1. The molecule has 0 saturated heterocycles. The Hall–Kier alpha value is -3.03. The summed E-state index contributed by atoms with van der Waals surface area (Å²) in [5.74, 6) is 1.20. The van der Waals surface area contributed by atoms with Gasteiger partial charge in [-0.05, 0) is 66.9 Å². The van der Waals surface area contributed by atoms with Crippen LogP contribution in [0.2, 0.25) is 5.02 Å². The molecule has 8 heteroatoms. The molecule has 0 aliphatic heterocycles. The number of nitrogens with zero attached hydrogens (tertiary/aromatic N) is 1. The zero-order valence-electron chi connectivity index (χ0n) is 18.4. The quantitative estimate of drug-likeness (QED) is 0.412. The lowest BCUT2D eigenvalue weighted by Gasteiger charge is -2.22. The van der Waals surface area contributed by atoms with Crippen LogP contribution >= 0.6 is 11.6 Å². The van der Waals surface area contributed by atoms with Gasteiger partial charge in [-0.3, -0.25) is 9.10 Å². The molecule has 0 aliphatic carbocycles. The van der Waals surface area contributed by atoms with Crippen LogP contribution in [0, 0.1) is 0 Å². The summed E-state index contributed by atoms with van der Waals surface area (Å²) in [4.78, 5) is 12.2. The number of para-hydroxylation sites is 1. The lowest BCUT2D eigenvalue weighted by molar-refractivity contribution is -0.121. The van der Waals surface area contributed by atoms with Crippen molar-refractivity contribution in [2.75, 3.05) is 23.7 Å². The number of anilines is 1. The molecule has 0 bridgehead atoms. The first-order valence-electron chi connectivity index (χ1n) is 10.6. The molecule has 0 aliphatic rings. The van der Waals surface area contributed by atoms with Crippen molar-refractivity contribution in [1.82, 2.24) is 5.32 Å². The highest BCUT2D eigenvalue weighted by molar-refractivity contribution is 7.92. The van der Waals surface area contributed by atoms with Crippen molar-refractivity contribution >= 4 is 33.2 Å². The summed E-state index contributed by atoms with van der Waals surface area (Å²) in [5, 5.41) is 3.55. The van der Waals surface area contributed by atoms with E-state index in [-0.39, 0.29) is 18.9 Å². The number of hydrogen-bond donors (Lipinski definition) is 1. The average molecular weight is 487 g/mol. The van der Waals surface area contributed by atoms with Crippen molar-refractivity contribution in [2.45, 2.75) is 19.3 Å². The van der Waals surface area contributed by atoms with Crippen LogP contribution in [0.3, 0.4) is 0 Å². The number of amides is 1. The number of sulfonamides is 1. The highest BCUT2D eigenvalue weighted by Gasteiger charge is 2.17. The van der Waals surface area contributed by atoms with Crippen LogP contribution in [-0.2, 0) is 21.2 Å². The van der Waals surface area contributed by atoms with Gasteiger partial charge in [0.1, 0.15) is 11.5 Å². The molecule has 1 amide bonds. The first kappa shape index (κ1) is 24.6. The van der Waals surface area contributed by atoms with Crippen LogP contribution in [0.5, 0.6) is 11.5 Å². The fraction of sp³-hybridized carbons (Fsp3) is 0.240. The van der Waals surface area contributed by atoms with Crippen LogP contribution in [0.15, 0.2) is 78.9 Å². The van der Waals surface area contributed by atoms with E-state index < -0.39 is 10.0 Å². The first-order valence-corrected chi connectivity index (χ1v) is 12.9. The second kappa shape index (κ2) is 11.7. The van der Waals surface area contributed by atoms with Crippen molar-refractivity contribution < 1.29 is 17.9 Å². The summed E-state index contributed by atoms with van der Waals surface area (Å²) in [6.45, 7) is 0.724. The number of benzene rings is 3. The maximum atomic E-state index is 12.3. The molecule has 0 unspecified atom stereocenters. The van der Waals surface area contributed by atoms with Gasteiger partial charge < -0.3 is 10.1 Å². The molecule has 0 fully saturated rings. The smallest absolute Gasteiger partial charge is 0.232 e. The summed E-state index contributed by atoms with van der Waals surface area (Å²) in [5.41, 5.74) is 1.61. The van der Waals surface area contributed by atoms with Crippen LogP contribution in [0.4, 0.5) is 5.69 Å². The van der Waals surface area contributed by atoms with Crippen LogP contribution in [0.25, 0.3) is 0 Å². The number of carbonyl (C=O) groups is 1. The molecule has 3 aromatic rings. The van der Waals surface area contributed by atoms with Crippen LogP contribution < -0.4 is 14.4 Å². The number of carbonyl (C=O) groups excluding carboxylic acids is 1. The zero-order chi connectivity index (χ0) is 23.7. The predicted octanol–water partition coefficient (Wildman–Crippen LogP) is 5.04. The maximum Gasteiger partial charge on any atom is 0.232 e. The molecule has 174 valence electrons. The Morgan fingerprint density at radius 1 is 0.939 bits per heavy atom. The molecule has 6 nitrogen and oxygen atoms in total. The minimum absolute atomic E-state index is 0.107. The lowest BCUT2D eigenvalue weighted by atomic mass is 10.1. The SMILES string of the molecule is CS(=O)(=O)N(CCCC(=O)NCCc1ccc(Cl)cc1)c1ccc(Oc2ccccc2)cc1. The highest BCUT2D eigenvalue weighted by Crippen LogP contribution is 2.25. The second-order valence-corrected chi connectivity index (χ2v) is 9.92. The van der Waals surface area contributed by atoms with E-state index in [2.05, 4.69) is 5.32 Å². The van der Waals surface area contributed by atoms with Gasteiger partial charge in [-0.25, -0.2) is 8.42 Å². The molecule has 0 spiro atoms. The van der Waals surface area contributed by atoms with Gasteiger partial charge in [0.25, 0.3) is 0 Å². The van der Waals surface area contributed by atoms with Crippen molar-refractivity contribution in [3.8, 4) is 11.5 Å². The second-order valence-electron chi connectivity index (χ2n) is 7.57. The summed E-state index contributed by atoms with van der Waals surface area (Å²) < 4.78 is 31.7. The Balaban J connectivity index is 1.49. The van der Waals surface area contributed by atoms with Crippen LogP contribution in [-0.4, -0.2) is 33.7 Å². The molecule has 0 aromatic heterocycles. The van der Waals surface area contributed by atoms with Gasteiger partial charge in [0, 0.05) is 24.5 Å². The Kier molecular flexibility index (Phi) is 8.74. The van der Waals surface area contributed by atoms with Gasteiger partial charge in [0.15, 0.2) is 0 Å². The van der Waals surface area contributed by atoms with Crippen molar-refractivity contribution in [3.63, 3.8) is 0 Å². The van der Waals surface area contributed by atoms with E-state index in [1.807, 2.05) is 54.6 Å². The van der Waals surface area contributed by atoms with Crippen molar-refractivity contribution in [2.24, 2.45) is 0 Å². The van der Waals surface area contributed by atoms with E-state index >= 15 is 0 Å². The number of rotatable bonds is 11. The summed E-state index contributed by atoms with van der Waals surface area (Å²) >= 11 is 5.87. The first-order chi connectivity index (χ1) is 15.8. The Bertz CT molecular complexity index is 1140. The molecule has 0 heterocycles. The lowest BCUT2D eigenvalue weighted by Crippen LogP contribution is -2.32. The van der Waals surface area contributed by atoms with Gasteiger partial charge in [-0.1, -0.05) is 41.9 Å². The molecule has 0 atom stereocenters. The normalized spacial score (nSPS) is 11.1. The van der Waals surface area contributed by atoms with Crippen LogP contribution in [0.1, 0.15) is 18.4 Å².